The van der Waals surface area contributed by atoms with Crippen molar-refractivity contribution in [3.05, 3.63) is 59.7 Å². The lowest BCUT2D eigenvalue weighted by Crippen LogP contribution is -2.44. The molecule has 1 heterocycles. The average Bonchev–Trinajstić information content (AvgIpc) is 3.39. The van der Waals surface area contributed by atoms with Crippen LogP contribution >= 0.6 is 0 Å². The van der Waals surface area contributed by atoms with Gasteiger partial charge >= 0.3 is 0 Å². The third-order valence-corrected chi connectivity index (χ3v) is 6.81. The van der Waals surface area contributed by atoms with Gasteiger partial charge < -0.3 is 14.8 Å². The molecule has 1 aliphatic heterocycles. The number of benzene rings is 2. The van der Waals surface area contributed by atoms with Gasteiger partial charge in [-0.15, -0.1) is 0 Å². The van der Waals surface area contributed by atoms with Crippen LogP contribution in [0, 0.1) is 17.8 Å². The zero-order chi connectivity index (χ0) is 20.0. The van der Waals surface area contributed by atoms with Crippen LogP contribution in [0.5, 0.6) is 11.5 Å². The third kappa shape index (κ3) is 3.09. The lowest BCUT2D eigenvalue weighted by atomic mass is 9.84. The Bertz CT molecular complexity index is 954. The highest BCUT2D eigenvalue weighted by molar-refractivity contribution is 6.00. The largest absolute Gasteiger partial charge is 0.497 e. The fourth-order valence-corrected chi connectivity index (χ4v) is 5.36. The maximum absolute atomic E-state index is 12.8. The molecule has 3 aliphatic rings. The Hall–Kier alpha value is -2.82. The van der Waals surface area contributed by atoms with Gasteiger partial charge in [0.05, 0.1) is 19.1 Å². The molecule has 29 heavy (non-hydrogen) atoms. The number of methoxy groups -OCH3 is 1. The molecule has 2 fully saturated rings. The minimum absolute atomic E-state index is 0.0299. The molecule has 150 valence electrons. The SMILES string of the molecule is COc1ccc(CCNC(=O)[C@@H]2[C@@H]3CC[C@]4(CC(=O)c5ccccc5O4)[C@@H]32)cc1. The molecule has 2 aromatic carbocycles. The average molecular weight is 391 g/mol. The number of carbonyl (C=O) groups excluding carboxylic acids is 2. The van der Waals surface area contributed by atoms with Crippen molar-refractivity contribution in [3.63, 3.8) is 0 Å². The number of ether oxygens (including phenoxy) is 2. The summed E-state index contributed by atoms with van der Waals surface area (Å²) in [5.74, 6) is 2.21. The summed E-state index contributed by atoms with van der Waals surface area (Å²) in [7, 11) is 1.65. The van der Waals surface area contributed by atoms with Crippen molar-refractivity contribution in [2.45, 2.75) is 31.3 Å². The summed E-state index contributed by atoms with van der Waals surface area (Å²) in [4.78, 5) is 25.5. The van der Waals surface area contributed by atoms with Gasteiger partial charge in [0.15, 0.2) is 5.78 Å². The van der Waals surface area contributed by atoms with Crippen LogP contribution in [0.4, 0.5) is 0 Å². The highest BCUT2D eigenvalue weighted by Gasteiger charge is 2.70. The van der Waals surface area contributed by atoms with Gasteiger partial charge in [0.1, 0.15) is 17.1 Å². The number of Topliss-reactive ketones (excluding diaryl/α,β-unsaturated/α-hetero) is 1. The van der Waals surface area contributed by atoms with Crippen LogP contribution in [0.25, 0.3) is 0 Å². The molecule has 1 amide bonds. The van der Waals surface area contributed by atoms with E-state index in [0.717, 1.165) is 30.6 Å². The van der Waals surface area contributed by atoms with Crippen LogP contribution in [0.15, 0.2) is 48.5 Å². The molecule has 5 nitrogen and oxygen atoms in total. The van der Waals surface area contributed by atoms with E-state index in [1.54, 1.807) is 7.11 Å². The quantitative estimate of drug-likeness (QED) is 0.848. The van der Waals surface area contributed by atoms with E-state index in [4.69, 9.17) is 9.47 Å². The van der Waals surface area contributed by atoms with E-state index in [9.17, 15) is 9.59 Å². The molecule has 1 spiro atoms. The van der Waals surface area contributed by atoms with Crippen LogP contribution < -0.4 is 14.8 Å². The van der Waals surface area contributed by atoms with Gasteiger partial charge in [-0.25, -0.2) is 0 Å². The predicted molar refractivity (Wildman–Crippen MR) is 108 cm³/mol. The minimum Gasteiger partial charge on any atom is -0.497 e. The summed E-state index contributed by atoms with van der Waals surface area (Å²) in [6, 6.07) is 15.4. The Morgan fingerprint density at radius 3 is 2.79 bits per heavy atom. The number of amides is 1. The zero-order valence-corrected chi connectivity index (χ0v) is 16.5. The molecule has 0 radical (unpaired) electrons. The molecule has 0 aromatic heterocycles. The number of ketones is 1. The molecule has 2 aromatic rings. The van der Waals surface area contributed by atoms with Crippen LogP contribution in [0.3, 0.4) is 0 Å². The summed E-state index contributed by atoms with van der Waals surface area (Å²) in [6.45, 7) is 0.608. The fourth-order valence-electron chi connectivity index (χ4n) is 5.36. The minimum atomic E-state index is -0.492. The van der Waals surface area contributed by atoms with Gasteiger partial charge in [-0.2, -0.15) is 0 Å². The van der Waals surface area contributed by atoms with E-state index in [-0.39, 0.29) is 23.5 Å². The second-order valence-corrected chi connectivity index (χ2v) is 8.41. The molecule has 2 aliphatic carbocycles. The lowest BCUT2D eigenvalue weighted by molar-refractivity contribution is -0.124. The van der Waals surface area contributed by atoms with Gasteiger partial charge in [0.2, 0.25) is 5.91 Å². The van der Waals surface area contributed by atoms with E-state index in [2.05, 4.69) is 5.32 Å². The van der Waals surface area contributed by atoms with Crippen molar-refractivity contribution in [1.82, 2.24) is 5.32 Å². The Labute approximate surface area is 170 Å². The van der Waals surface area contributed by atoms with Crippen LogP contribution in [-0.2, 0) is 11.2 Å². The molecule has 5 heteroatoms. The second-order valence-electron chi connectivity index (χ2n) is 8.41. The molecule has 0 bridgehead atoms. The van der Waals surface area contributed by atoms with Crippen LogP contribution in [-0.4, -0.2) is 30.9 Å². The number of carbonyl (C=O) groups is 2. The molecular formula is C24H25NO4. The first-order valence-electron chi connectivity index (χ1n) is 10.3. The first-order valence-corrected chi connectivity index (χ1v) is 10.3. The van der Waals surface area contributed by atoms with Crippen molar-refractivity contribution >= 4 is 11.7 Å². The zero-order valence-electron chi connectivity index (χ0n) is 16.5. The number of rotatable bonds is 5. The normalized spacial score (nSPS) is 29.0. The van der Waals surface area contributed by atoms with Crippen molar-refractivity contribution in [2.75, 3.05) is 13.7 Å². The third-order valence-electron chi connectivity index (χ3n) is 6.81. The molecule has 1 N–H and O–H groups in total. The summed E-state index contributed by atoms with van der Waals surface area (Å²) in [6.07, 6.45) is 2.99. The Kier molecular flexibility index (Phi) is 4.34. The van der Waals surface area contributed by atoms with Crippen molar-refractivity contribution < 1.29 is 19.1 Å². The fraction of sp³-hybridized carbons (Fsp3) is 0.417. The Morgan fingerprint density at radius 1 is 1.21 bits per heavy atom. The van der Waals surface area contributed by atoms with Crippen LogP contribution in [0.2, 0.25) is 0 Å². The van der Waals surface area contributed by atoms with Crippen LogP contribution in [0.1, 0.15) is 35.2 Å². The lowest BCUT2D eigenvalue weighted by Gasteiger charge is -2.37. The number of fused-ring (bicyclic) bond motifs is 3. The molecule has 5 rings (SSSR count). The van der Waals surface area contributed by atoms with Gasteiger partial charge in [0, 0.05) is 18.4 Å². The van der Waals surface area contributed by atoms with Crippen molar-refractivity contribution in [3.8, 4) is 11.5 Å². The second kappa shape index (κ2) is 6.90. The highest BCUT2D eigenvalue weighted by atomic mass is 16.5. The van der Waals surface area contributed by atoms with Gasteiger partial charge in [-0.3, -0.25) is 9.59 Å². The first-order chi connectivity index (χ1) is 14.1. The van der Waals surface area contributed by atoms with E-state index in [0.29, 0.717) is 30.2 Å². The van der Waals surface area contributed by atoms with E-state index < -0.39 is 5.60 Å². The molecule has 0 unspecified atom stereocenters. The number of hydrogen-bond donors (Lipinski definition) is 1. The van der Waals surface area contributed by atoms with E-state index in [1.807, 2.05) is 48.5 Å². The topological polar surface area (TPSA) is 64.6 Å². The maximum Gasteiger partial charge on any atom is 0.223 e. The van der Waals surface area contributed by atoms with E-state index in [1.165, 1.54) is 0 Å². The van der Waals surface area contributed by atoms with Crippen molar-refractivity contribution in [2.24, 2.45) is 17.8 Å². The standard InChI is InChI=1S/C24H25NO4/c1-28-16-8-6-15(7-9-16)11-13-25-23(27)21-18-10-12-24(22(18)21)14-19(26)17-4-2-3-5-20(17)29-24/h2-9,18,21-22H,10-14H2,1H3,(H,25,27)/t18-,21+,22-,24-/m0/s1. The maximum atomic E-state index is 12.8. The Morgan fingerprint density at radius 2 is 2.00 bits per heavy atom. The molecular weight excluding hydrogens is 366 g/mol. The number of hydrogen-bond acceptors (Lipinski definition) is 4. The monoisotopic (exact) mass is 391 g/mol. The van der Waals surface area contributed by atoms with Gasteiger partial charge in [-0.1, -0.05) is 24.3 Å². The van der Waals surface area contributed by atoms with E-state index >= 15 is 0 Å². The summed E-state index contributed by atoms with van der Waals surface area (Å²) in [5.41, 5.74) is 1.34. The Balaban J connectivity index is 1.21. The summed E-state index contributed by atoms with van der Waals surface area (Å²) < 4.78 is 11.5. The predicted octanol–water partition coefficient (Wildman–Crippen LogP) is 3.41. The smallest absolute Gasteiger partial charge is 0.223 e. The summed E-state index contributed by atoms with van der Waals surface area (Å²) >= 11 is 0. The molecule has 4 atom stereocenters. The molecule has 2 saturated carbocycles. The molecule has 0 saturated heterocycles. The number of para-hydroxylation sites is 1. The highest BCUT2D eigenvalue weighted by Crippen LogP contribution is 2.65. The van der Waals surface area contributed by atoms with Crippen molar-refractivity contribution in [1.29, 1.82) is 0 Å². The van der Waals surface area contributed by atoms with Gasteiger partial charge in [0.25, 0.3) is 0 Å². The van der Waals surface area contributed by atoms with Gasteiger partial charge in [-0.05, 0) is 55.0 Å². The summed E-state index contributed by atoms with van der Waals surface area (Å²) in [5, 5.41) is 3.09. The first kappa shape index (κ1) is 18.2. The number of nitrogens with one attached hydrogen (secondary N) is 1.